The van der Waals surface area contributed by atoms with E-state index >= 15 is 0 Å². The van der Waals surface area contributed by atoms with Crippen LogP contribution in [0.2, 0.25) is 0 Å². The summed E-state index contributed by atoms with van der Waals surface area (Å²) in [5, 5.41) is 4.57. The van der Waals surface area contributed by atoms with E-state index < -0.39 is 16.1 Å². The van der Waals surface area contributed by atoms with Gasteiger partial charge in [-0.1, -0.05) is 48.5 Å². The van der Waals surface area contributed by atoms with Crippen molar-refractivity contribution in [3.63, 3.8) is 0 Å². The molecule has 0 spiro atoms. The second-order valence-electron chi connectivity index (χ2n) is 6.83. The summed E-state index contributed by atoms with van der Waals surface area (Å²) in [6, 6.07) is 22.8. The molecule has 0 radical (unpaired) electrons. The lowest BCUT2D eigenvalue weighted by atomic mass is 9.98. The Labute approximate surface area is 176 Å². The number of benzene rings is 3. The first kappa shape index (κ1) is 20.0. The van der Waals surface area contributed by atoms with E-state index in [1.807, 2.05) is 36.4 Å². The van der Waals surface area contributed by atoms with Crippen molar-refractivity contribution in [2.24, 2.45) is 5.10 Å². The molecule has 1 atom stereocenters. The van der Waals surface area contributed by atoms with Gasteiger partial charge in [-0.2, -0.15) is 17.9 Å². The van der Waals surface area contributed by atoms with E-state index in [1.165, 1.54) is 4.41 Å². The number of hydrogen-bond donors (Lipinski definition) is 0. The molecular weight excluding hydrogens is 400 g/mol. The molecule has 0 aliphatic carbocycles. The van der Waals surface area contributed by atoms with Gasteiger partial charge in [0.2, 0.25) is 0 Å². The van der Waals surface area contributed by atoms with E-state index in [4.69, 9.17) is 9.47 Å². The van der Waals surface area contributed by atoms with E-state index in [0.717, 1.165) is 5.56 Å². The first-order valence-corrected chi connectivity index (χ1v) is 10.9. The number of sulfonamides is 1. The highest BCUT2D eigenvalue weighted by Gasteiger charge is 2.38. The van der Waals surface area contributed by atoms with E-state index in [1.54, 1.807) is 56.7 Å². The van der Waals surface area contributed by atoms with Crippen molar-refractivity contribution in [2.75, 3.05) is 14.2 Å². The standard InChI is InChI=1S/C23H22N2O4S/c1-28-18-13-14-23(29-2)20(15-18)21-16-22(17-9-5-3-6-10-17)25(24-21)30(26,27)19-11-7-4-8-12-19/h3-15,22H,16H2,1-2H3. The van der Waals surface area contributed by atoms with E-state index in [9.17, 15) is 8.42 Å². The molecule has 0 amide bonds. The maximum absolute atomic E-state index is 13.4. The van der Waals surface area contributed by atoms with E-state index in [0.29, 0.717) is 29.2 Å². The fourth-order valence-electron chi connectivity index (χ4n) is 3.54. The van der Waals surface area contributed by atoms with Gasteiger partial charge in [0, 0.05) is 12.0 Å². The number of rotatable bonds is 6. The van der Waals surface area contributed by atoms with Crippen LogP contribution in [0.3, 0.4) is 0 Å². The van der Waals surface area contributed by atoms with Crippen LogP contribution in [0.25, 0.3) is 0 Å². The van der Waals surface area contributed by atoms with Gasteiger partial charge in [0.1, 0.15) is 11.5 Å². The van der Waals surface area contributed by atoms with Crippen LogP contribution >= 0.6 is 0 Å². The molecule has 154 valence electrons. The Balaban J connectivity index is 1.84. The quantitative estimate of drug-likeness (QED) is 0.596. The molecule has 1 aliphatic rings. The van der Waals surface area contributed by atoms with Gasteiger partial charge in [0.05, 0.1) is 30.9 Å². The molecule has 7 heteroatoms. The third kappa shape index (κ3) is 3.64. The maximum Gasteiger partial charge on any atom is 0.279 e. The molecule has 3 aromatic rings. The smallest absolute Gasteiger partial charge is 0.279 e. The van der Waals surface area contributed by atoms with Gasteiger partial charge in [-0.3, -0.25) is 0 Å². The lowest BCUT2D eigenvalue weighted by Gasteiger charge is -2.23. The average molecular weight is 423 g/mol. The van der Waals surface area contributed by atoms with Crippen molar-refractivity contribution in [2.45, 2.75) is 17.4 Å². The summed E-state index contributed by atoms with van der Waals surface area (Å²) in [6.45, 7) is 0. The number of methoxy groups -OCH3 is 2. The molecular formula is C23H22N2O4S. The predicted octanol–water partition coefficient (Wildman–Crippen LogP) is 4.24. The van der Waals surface area contributed by atoms with Gasteiger partial charge in [0.15, 0.2) is 0 Å². The Bertz CT molecular complexity index is 1160. The summed E-state index contributed by atoms with van der Waals surface area (Å²) in [4.78, 5) is 0.202. The third-order valence-electron chi connectivity index (χ3n) is 5.06. The fourth-order valence-corrected chi connectivity index (χ4v) is 4.99. The van der Waals surface area contributed by atoms with Gasteiger partial charge in [-0.05, 0) is 35.9 Å². The zero-order chi connectivity index (χ0) is 21.1. The largest absolute Gasteiger partial charge is 0.497 e. The van der Waals surface area contributed by atoms with Crippen LogP contribution in [0.15, 0.2) is 88.9 Å². The molecule has 3 aromatic carbocycles. The zero-order valence-corrected chi connectivity index (χ0v) is 17.5. The van der Waals surface area contributed by atoms with Crippen molar-refractivity contribution in [3.05, 3.63) is 90.0 Å². The van der Waals surface area contributed by atoms with Crippen molar-refractivity contribution in [3.8, 4) is 11.5 Å². The molecule has 1 aliphatic heterocycles. The highest BCUT2D eigenvalue weighted by molar-refractivity contribution is 7.89. The Morgan fingerprint density at radius 3 is 2.20 bits per heavy atom. The van der Waals surface area contributed by atoms with Gasteiger partial charge in [-0.15, -0.1) is 0 Å². The zero-order valence-electron chi connectivity index (χ0n) is 16.7. The molecule has 0 aromatic heterocycles. The molecule has 0 N–H and O–H groups in total. The molecule has 30 heavy (non-hydrogen) atoms. The third-order valence-corrected chi connectivity index (χ3v) is 6.76. The Morgan fingerprint density at radius 2 is 1.57 bits per heavy atom. The summed E-state index contributed by atoms with van der Waals surface area (Å²) in [5.41, 5.74) is 2.21. The summed E-state index contributed by atoms with van der Waals surface area (Å²) in [7, 11) is -0.677. The summed E-state index contributed by atoms with van der Waals surface area (Å²) >= 11 is 0. The molecule has 1 heterocycles. The second-order valence-corrected chi connectivity index (χ2v) is 8.63. The van der Waals surface area contributed by atoms with Crippen molar-refractivity contribution in [1.82, 2.24) is 4.41 Å². The average Bonchev–Trinajstić information content (AvgIpc) is 3.26. The predicted molar refractivity (Wildman–Crippen MR) is 115 cm³/mol. The highest BCUT2D eigenvalue weighted by atomic mass is 32.2. The molecule has 1 unspecified atom stereocenters. The summed E-state index contributed by atoms with van der Waals surface area (Å²) in [5.74, 6) is 1.26. The summed E-state index contributed by atoms with van der Waals surface area (Å²) < 4.78 is 38.9. The van der Waals surface area contributed by atoms with Crippen LogP contribution in [-0.2, 0) is 10.0 Å². The maximum atomic E-state index is 13.4. The lowest BCUT2D eigenvalue weighted by Crippen LogP contribution is -2.27. The van der Waals surface area contributed by atoms with Crippen LogP contribution in [0, 0.1) is 0 Å². The molecule has 0 fully saturated rings. The second kappa shape index (κ2) is 8.20. The Hall–Kier alpha value is -3.32. The first-order valence-electron chi connectivity index (χ1n) is 9.49. The van der Waals surface area contributed by atoms with Crippen LogP contribution in [-0.4, -0.2) is 32.8 Å². The highest BCUT2D eigenvalue weighted by Crippen LogP contribution is 2.39. The fraction of sp³-hybridized carbons (Fsp3) is 0.174. The number of ether oxygens (including phenoxy) is 2. The molecule has 4 rings (SSSR count). The Kier molecular flexibility index (Phi) is 5.46. The van der Waals surface area contributed by atoms with Crippen molar-refractivity contribution in [1.29, 1.82) is 0 Å². The van der Waals surface area contributed by atoms with Crippen molar-refractivity contribution >= 4 is 15.7 Å². The van der Waals surface area contributed by atoms with Gasteiger partial charge in [0.25, 0.3) is 10.0 Å². The van der Waals surface area contributed by atoms with Crippen LogP contribution in [0.1, 0.15) is 23.6 Å². The van der Waals surface area contributed by atoms with E-state index in [-0.39, 0.29) is 4.90 Å². The van der Waals surface area contributed by atoms with Gasteiger partial charge >= 0.3 is 0 Å². The first-order chi connectivity index (χ1) is 14.5. The number of hydrazone groups is 1. The minimum atomic E-state index is -3.84. The lowest BCUT2D eigenvalue weighted by molar-refractivity contribution is 0.371. The van der Waals surface area contributed by atoms with Gasteiger partial charge < -0.3 is 9.47 Å². The van der Waals surface area contributed by atoms with Crippen LogP contribution in [0.4, 0.5) is 0 Å². The minimum Gasteiger partial charge on any atom is -0.497 e. The SMILES string of the molecule is COc1ccc(OC)c(C2=NN(S(=O)(=O)c3ccccc3)C(c3ccccc3)C2)c1. The van der Waals surface area contributed by atoms with Crippen LogP contribution in [0.5, 0.6) is 11.5 Å². The molecule has 0 saturated heterocycles. The normalized spacial score (nSPS) is 16.3. The topological polar surface area (TPSA) is 68.2 Å². The molecule has 0 bridgehead atoms. The van der Waals surface area contributed by atoms with Gasteiger partial charge in [-0.25, -0.2) is 0 Å². The number of hydrogen-bond acceptors (Lipinski definition) is 5. The van der Waals surface area contributed by atoms with Crippen LogP contribution < -0.4 is 9.47 Å². The van der Waals surface area contributed by atoms with Crippen molar-refractivity contribution < 1.29 is 17.9 Å². The molecule has 6 nitrogen and oxygen atoms in total. The minimum absolute atomic E-state index is 0.202. The van der Waals surface area contributed by atoms with E-state index in [2.05, 4.69) is 5.10 Å². The Morgan fingerprint density at radius 1 is 0.900 bits per heavy atom. The molecule has 0 saturated carbocycles. The summed E-state index contributed by atoms with van der Waals surface area (Å²) in [6.07, 6.45) is 0.416. The number of nitrogens with zero attached hydrogens (tertiary/aromatic N) is 2. The monoisotopic (exact) mass is 422 g/mol.